The highest BCUT2D eigenvalue weighted by molar-refractivity contribution is 6.30. The molecule has 1 atom stereocenters. The number of hydrogen-bond donors (Lipinski definition) is 1. The van der Waals surface area contributed by atoms with Crippen LogP contribution in [0.5, 0.6) is 0 Å². The summed E-state index contributed by atoms with van der Waals surface area (Å²) in [5.41, 5.74) is 1.10. The van der Waals surface area contributed by atoms with E-state index >= 15 is 0 Å². The molecular weight excluding hydrogens is 290 g/mol. The van der Waals surface area contributed by atoms with E-state index in [1.165, 1.54) is 0 Å². The number of benzene rings is 1. The first kappa shape index (κ1) is 15.9. The monoisotopic (exact) mass is 309 g/mol. The SMILES string of the molecule is CCNC(COC)Cc1nc(Cc2ccc(Cl)cc2)no1. The van der Waals surface area contributed by atoms with E-state index < -0.39 is 0 Å². The third-order valence-corrected chi connectivity index (χ3v) is 3.32. The smallest absolute Gasteiger partial charge is 0.228 e. The minimum absolute atomic E-state index is 0.184. The Bertz CT molecular complexity index is 536. The number of nitrogens with zero attached hydrogens (tertiary/aromatic N) is 2. The van der Waals surface area contributed by atoms with Gasteiger partial charge in [-0.2, -0.15) is 4.98 Å². The molecule has 6 heteroatoms. The van der Waals surface area contributed by atoms with Gasteiger partial charge in [0.25, 0.3) is 0 Å². The highest BCUT2D eigenvalue weighted by Crippen LogP contribution is 2.12. The highest BCUT2D eigenvalue weighted by atomic mass is 35.5. The third kappa shape index (κ3) is 5.12. The molecule has 0 radical (unpaired) electrons. The van der Waals surface area contributed by atoms with Gasteiger partial charge in [-0.15, -0.1) is 0 Å². The number of likely N-dealkylation sites (N-methyl/N-ethyl adjacent to an activating group) is 1. The zero-order valence-electron chi connectivity index (χ0n) is 12.3. The fraction of sp³-hybridized carbons (Fsp3) is 0.467. The summed E-state index contributed by atoms with van der Waals surface area (Å²) in [5.74, 6) is 1.31. The fourth-order valence-corrected chi connectivity index (χ4v) is 2.25. The Kier molecular flexibility index (Phi) is 6.17. The summed E-state index contributed by atoms with van der Waals surface area (Å²) in [5, 5.41) is 8.07. The van der Waals surface area contributed by atoms with Crippen LogP contribution in [-0.4, -0.2) is 36.4 Å². The number of methoxy groups -OCH3 is 1. The van der Waals surface area contributed by atoms with E-state index in [4.69, 9.17) is 20.9 Å². The maximum absolute atomic E-state index is 5.87. The fourth-order valence-electron chi connectivity index (χ4n) is 2.12. The van der Waals surface area contributed by atoms with Crippen molar-refractivity contribution in [2.75, 3.05) is 20.3 Å². The normalized spacial score (nSPS) is 12.5. The van der Waals surface area contributed by atoms with Gasteiger partial charge in [0.15, 0.2) is 5.82 Å². The van der Waals surface area contributed by atoms with Gasteiger partial charge in [-0.3, -0.25) is 0 Å². The lowest BCUT2D eigenvalue weighted by molar-refractivity contribution is 0.162. The summed E-state index contributed by atoms with van der Waals surface area (Å²) >= 11 is 5.87. The molecule has 0 aliphatic rings. The molecule has 1 unspecified atom stereocenters. The summed E-state index contributed by atoms with van der Waals surface area (Å²) < 4.78 is 10.5. The second-order valence-corrected chi connectivity index (χ2v) is 5.26. The third-order valence-electron chi connectivity index (χ3n) is 3.07. The molecule has 21 heavy (non-hydrogen) atoms. The lowest BCUT2D eigenvalue weighted by atomic mass is 10.1. The van der Waals surface area contributed by atoms with E-state index in [1.807, 2.05) is 24.3 Å². The van der Waals surface area contributed by atoms with Gasteiger partial charge in [0.2, 0.25) is 5.89 Å². The summed E-state index contributed by atoms with van der Waals surface area (Å²) in [6.45, 7) is 3.55. The van der Waals surface area contributed by atoms with Crippen molar-refractivity contribution in [1.29, 1.82) is 0 Å². The number of hydrogen-bond acceptors (Lipinski definition) is 5. The maximum Gasteiger partial charge on any atom is 0.228 e. The van der Waals surface area contributed by atoms with E-state index in [1.54, 1.807) is 7.11 Å². The molecule has 1 N–H and O–H groups in total. The molecule has 1 heterocycles. The molecule has 1 aromatic heterocycles. The number of halogens is 1. The second kappa shape index (κ2) is 8.12. The molecule has 5 nitrogen and oxygen atoms in total. The predicted octanol–water partition coefficient (Wildman–Crippen LogP) is 2.48. The Balaban J connectivity index is 1.95. The molecule has 0 bridgehead atoms. The van der Waals surface area contributed by atoms with Crippen LogP contribution in [0.25, 0.3) is 0 Å². The quantitative estimate of drug-likeness (QED) is 0.812. The van der Waals surface area contributed by atoms with Crippen molar-refractivity contribution in [3.63, 3.8) is 0 Å². The Morgan fingerprint density at radius 2 is 2.10 bits per heavy atom. The number of nitrogens with one attached hydrogen (secondary N) is 1. The van der Waals surface area contributed by atoms with E-state index in [9.17, 15) is 0 Å². The molecule has 0 aliphatic carbocycles. The van der Waals surface area contributed by atoms with Crippen LogP contribution in [0.2, 0.25) is 5.02 Å². The molecule has 0 aliphatic heterocycles. The van der Waals surface area contributed by atoms with Crippen LogP contribution < -0.4 is 5.32 Å². The van der Waals surface area contributed by atoms with Gasteiger partial charge in [0.05, 0.1) is 6.61 Å². The average molecular weight is 310 g/mol. The van der Waals surface area contributed by atoms with Gasteiger partial charge in [-0.25, -0.2) is 0 Å². The Morgan fingerprint density at radius 1 is 1.33 bits per heavy atom. The van der Waals surface area contributed by atoms with Crippen LogP contribution in [0, 0.1) is 0 Å². The molecule has 1 aromatic carbocycles. The first-order valence-electron chi connectivity index (χ1n) is 6.99. The highest BCUT2D eigenvalue weighted by Gasteiger charge is 2.14. The van der Waals surface area contributed by atoms with Crippen LogP contribution in [-0.2, 0) is 17.6 Å². The van der Waals surface area contributed by atoms with Crippen molar-refractivity contribution in [3.05, 3.63) is 46.6 Å². The zero-order chi connectivity index (χ0) is 15.1. The van der Waals surface area contributed by atoms with Gasteiger partial charge in [-0.05, 0) is 24.2 Å². The molecule has 0 spiro atoms. The number of ether oxygens (including phenoxy) is 1. The van der Waals surface area contributed by atoms with E-state index in [0.717, 1.165) is 17.1 Å². The van der Waals surface area contributed by atoms with Crippen molar-refractivity contribution in [1.82, 2.24) is 15.5 Å². The largest absolute Gasteiger partial charge is 0.383 e. The van der Waals surface area contributed by atoms with Crippen LogP contribution >= 0.6 is 11.6 Å². The lowest BCUT2D eigenvalue weighted by Crippen LogP contribution is -2.35. The average Bonchev–Trinajstić information content (AvgIpc) is 2.89. The van der Waals surface area contributed by atoms with Crippen LogP contribution in [0.4, 0.5) is 0 Å². The van der Waals surface area contributed by atoms with Gasteiger partial charge in [-0.1, -0.05) is 35.8 Å². The molecular formula is C15H20ClN3O2. The van der Waals surface area contributed by atoms with Crippen molar-refractivity contribution in [3.8, 4) is 0 Å². The molecule has 2 rings (SSSR count). The van der Waals surface area contributed by atoms with E-state index in [2.05, 4.69) is 22.4 Å². The summed E-state index contributed by atoms with van der Waals surface area (Å²) in [6.07, 6.45) is 1.30. The van der Waals surface area contributed by atoms with Crippen LogP contribution in [0.3, 0.4) is 0 Å². The topological polar surface area (TPSA) is 60.2 Å². The molecule has 0 fully saturated rings. The molecule has 2 aromatic rings. The first-order valence-corrected chi connectivity index (χ1v) is 7.37. The van der Waals surface area contributed by atoms with Crippen LogP contribution in [0.15, 0.2) is 28.8 Å². The summed E-state index contributed by atoms with van der Waals surface area (Å²) in [7, 11) is 1.68. The van der Waals surface area contributed by atoms with Crippen molar-refractivity contribution in [2.24, 2.45) is 0 Å². The Hall–Kier alpha value is -1.43. The molecule has 114 valence electrons. The zero-order valence-corrected chi connectivity index (χ0v) is 13.1. The van der Waals surface area contributed by atoms with Crippen LogP contribution in [0.1, 0.15) is 24.2 Å². The van der Waals surface area contributed by atoms with E-state index in [-0.39, 0.29) is 6.04 Å². The number of rotatable bonds is 8. The van der Waals surface area contributed by atoms with E-state index in [0.29, 0.717) is 31.2 Å². The summed E-state index contributed by atoms with van der Waals surface area (Å²) in [6, 6.07) is 7.83. The van der Waals surface area contributed by atoms with Crippen molar-refractivity contribution >= 4 is 11.6 Å². The minimum Gasteiger partial charge on any atom is -0.383 e. The van der Waals surface area contributed by atoms with Gasteiger partial charge < -0.3 is 14.6 Å². The first-order chi connectivity index (χ1) is 10.2. The predicted molar refractivity (Wildman–Crippen MR) is 81.6 cm³/mol. The maximum atomic E-state index is 5.87. The number of aromatic nitrogens is 2. The molecule has 0 saturated carbocycles. The van der Waals surface area contributed by atoms with Gasteiger partial charge >= 0.3 is 0 Å². The molecule has 0 amide bonds. The lowest BCUT2D eigenvalue weighted by Gasteiger charge is -2.14. The summed E-state index contributed by atoms with van der Waals surface area (Å²) in [4.78, 5) is 4.43. The Labute approximate surface area is 129 Å². The second-order valence-electron chi connectivity index (χ2n) is 4.82. The Morgan fingerprint density at radius 3 is 2.76 bits per heavy atom. The minimum atomic E-state index is 0.184. The van der Waals surface area contributed by atoms with Crippen molar-refractivity contribution < 1.29 is 9.26 Å². The van der Waals surface area contributed by atoms with Gasteiger partial charge in [0.1, 0.15) is 0 Å². The standard InChI is InChI=1S/C15H20ClN3O2/c1-3-17-13(10-20-2)9-15-18-14(19-21-15)8-11-4-6-12(16)7-5-11/h4-7,13,17H,3,8-10H2,1-2H3. The van der Waals surface area contributed by atoms with Crippen molar-refractivity contribution in [2.45, 2.75) is 25.8 Å². The molecule has 0 saturated heterocycles. The van der Waals surface area contributed by atoms with Gasteiger partial charge in [0, 0.05) is 31.0 Å².